The monoisotopic (exact) mass is 138 g/mol. The van der Waals surface area contributed by atoms with E-state index in [2.05, 4.69) is 0 Å². The number of nitrogens with two attached hydrogens (primary N) is 1. The molecule has 4 N–H and O–H groups in total. The van der Waals surface area contributed by atoms with E-state index < -0.39 is 5.91 Å². The van der Waals surface area contributed by atoms with Gasteiger partial charge >= 0.3 is 0 Å². The maximum atomic E-state index is 10.6. The molecule has 0 aliphatic heterocycles. The third-order valence-electron chi connectivity index (χ3n) is 0.735. The fourth-order valence-corrected chi connectivity index (χ4v) is 0.307. The summed E-state index contributed by atoms with van der Waals surface area (Å²) in [7, 11) is 0. The van der Waals surface area contributed by atoms with Crippen LogP contribution in [0.5, 0.6) is 0 Å². The minimum atomic E-state index is -0.667. The first-order chi connectivity index (χ1) is 4.76. The van der Waals surface area contributed by atoms with Crippen LogP contribution in [-0.2, 0) is 4.79 Å². The van der Waals surface area contributed by atoms with Gasteiger partial charge in [-0.05, 0) is 0 Å². The molecule has 0 saturated carbocycles. The molecular weight excluding hydrogens is 132 g/mol. The second-order valence-electron chi connectivity index (χ2n) is 1.31. The normalized spacial score (nSPS) is 9.70. The van der Waals surface area contributed by atoms with Gasteiger partial charge in [-0.25, -0.2) is 0 Å². The standard InChI is InChI=1S/C5H6N4O/c6-1-4(2-7)5(10)9-3-8/h1,3H,6H2,(H2,8,9,10)/b4-1+. The van der Waals surface area contributed by atoms with Crippen molar-refractivity contribution in [2.45, 2.75) is 0 Å². The number of nitriles is 1. The predicted octanol–water partition coefficient (Wildman–Crippen LogP) is -0.924. The molecule has 52 valence electrons. The Labute approximate surface area is 57.6 Å². The van der Waals surface area contributed by atoms with Crippen LogP contribution in [0.4, 0.5) is 0 Å². The van der Waals surface area contributed by atoms with Crippen LogP contribution in [0.15, 0.2) is 11.8 Å². The maximum Gasteiger partial charge on any atom is 0.268 e. The summed E-state index contributed by atoms with van der Waals surface area (Å²) in [5.74, 6) is -0.667. The van der Waals surface area contributed by atoms with Crippen molar-refractivity contribution in [3.05, 3.63) is 11.8 Å². The summed E-state index contributed by atoms with van der Waals surface area (Å²) >= 11 is 0. The molecular formula is C5H6N4O. The third-order valence-corrected chi connectivity index (χ3v) is 0.735. The number of amides is 1. The number of nitrogens with one attached hydrogen (secondary N) is 2. The summed E-state index contributed by atoms with van der Waals surface area (Å²) in [4.78, 5) is 10.6. The van der Waals surface area contributed by atoms with E-state index in [1.54, 1.807) is 6.07 Å². The third kappa shape index (κ3) is 1.96. The van der Waals surface area contributed by atoms with Gasteiger partial charge in [0.2, 0.25) is 0 Å². The van der Waals surface area contributed by atoms with Crippen molar-refractivity contribution >= 4 is 12.2 Å². The van der Waals surface area contributed by atoms with Crippen molar-refractivity contribution in [2.75, 3.05) is 0 Å². The molecule has 5 heteroatoms. The Kier molecular flexibility index (Phi) is 3.34. The highest BCUT2D eigenvalue weighted by atomic mass is 16.1. The molecule has 1 amide bonds. The molecule has 0 rings (SSSR count). The Morgan fingerprint density at radius 3 is 2.70 bits per heavy atom. The molecule has 0 saturated heterocycles. The van der Waals surface area contributed by atoms with Gasteiger partial charge in [0.15, 0.2) is 0 Å². The lowest BCUT2D eigenvalue weighted by molar-refractivity contribution is -0.115. The first-order valence-electron chi connectivity index (χ1n) is 2.38. The van der Waals surface area contributed by atoms with Gasteiger partial charge in [0.25, 0.3) is 5.91 Å². The first-order valence-corrected chi connectivity index (χ1v) is 2.38. The van der Waals surface area contributed by atoms with E-state index in [9.17, 15) is 4.79 Å². The summed E-state index contributed by atoms with van der Waals surface area (Å²) < 4.78 is 0. The van der Waals surface area contributed by atoms with E-state index >= 15 is 0 Å². The van der Waals surface area contributed by atoms with Crippen molar-refractivity contribution in [1.82, 2.24) is 5.32 Å². The van der Waals surface area contributed by atoms with Crippen LogP contribution in [0.1, 0.15) is 0 Å². The van der Waals surface area contributed by atoms with E-state index in [0.717, 1.165) is 6.20 Å². The van der Waals surface area contributed by atoms with Crippen LogP contribution in [0, 0.1) is 16.7 Å². The molecule has 0 bridgehead atoms. The van der Waals surface area contributed by atoms with Gasteiger partial charge in [-0.1, -0.05) is 0 Å². The molecule has 0 aliphatic carbocycles. The van der Waals surface area contributed by atoms with Gasteiger partial charge in [-0.15, -0.1) is 0 Å². The van der Waals surface area contributed by atoms with Crippen LogP contribution in [0.25, 0.3) is 0 Å². The summed E-state index contributed by atoms with van der Waals surface area (Å²) in [5.41, 5.74) is 4.69. The van der Waals surface area contributed by atoms with Gasteiger partial charge in [0, 0.05) is 6.20 Å². The largest absolute Gasteiger partial charge is 0.403 e. The highest BCUT2D eigenvalue weighted by molar-refractivity contribution is 6.02. The lowest BCUT2D eigenvalue weighted by Gasteiger charge is -1.92. The average Bonchev–Trinajstić information content (AvgIpc) is 1.91. The Balaban J connectivity index is 4.21. The van der Waals surface area contributed by atoms with Gasteiger partial charge in [0.1, 0.15) is 11.6 Å². The molecule has 0 aromatic heterocycles. The van der Waals surface area contributed by atoms with Crippen LogP contribution >= 0.6 is 0 Å². The lowest BCUT2D eigenvalue weighted by Crippen LogP contribution is -2.22. The number of hydrogen-bond donors (Lipinski definition) is 3. The Morgan fingerprint density at radius 2 is 2.40 bits per heavy atom. The van der Waals surface area contributed by atoms with E-state index in [1.165, 1.54) is 0 Å². The average molecular weight is 138 g/mol. The van der Waals surface area contributed by atoms with E-state index in [4.69, 9.17) is 16.4 Å². The molecule has 0 aromatic rings. The molecule has 0 spiro atoms. The number of rotatable bonds is 2. The van der Waals surface area contributed by atoms with Crippen molar-refractivity contribution < 1.29 is 4.79 Å². The highest BCUT2D eigenvalue weighted by Gasteiger charge is 2.03. The Hall–Kier alpha value is -1.83. The van der Waals surface area contributed by atoms with Gasteiger partial charge in [-0.3, -0.25) is 10.2 Å². The highest BCUT2D eigenvalue weighted by Crippen LogP contribution is 1.85. The van der Waals surface area contributed by atoms with Crippen LogP contribution < -0.4 is 11.1 Å². The van der Waals surface area contributed by atoms with Crippen LogP contribution in [-0.4, -0.2) is 12.2 Å². The van der Waals surface area contributed by atoms with Crippen molar-refractivity contribution in [3.8, 4) is 6.07 Å². The second kappa shape index (κ2) is 4.09. The minimum Gasteiger partial charge on any atom is -0.403 e. The number of carbonyl (C=O) groups is 1. The predicted molar refractivity (Wildman–Crippen MR) is 34.8 cm³/mol. The molecule has 0 heterocycles. The Morgan fingerprint density at radius 1 is 1.80 bits per heavy atom. The molecule has 0 aliphatic rings. The molecule has 0 unspecified atom stereocenters. The fourth-order valence-electron chi connectivity index (χ4n) is 0.307. The topological polar surface area (TPSA) is 103 Å². The fraction of sp³-hybridized carbons (Fsp3) is 0. The number of carbonyl (C=O) groups excluding carboxylic acids is 1. The van der Waals surface area contributed by atoms with E-state index in [0.29, 0.717) is 6.34 Å². The van der Waals surface area contributed by atoms with Crippen LogP contribution in [0.2, 0.25) is 0 Å². The van der Waals surface area contributed by atoms with Crippen molar-refractivity contribution in [1.29, 1.82) is 10.7 Å². The van der Waals surface area contributed by atoms with Gasteiger partial charge in [-0.2, -0.15) is 5.26 Å². The smallest absolute Gasteiger partial charge is 0.268 e. The number of nitrogens with zero attached hydrogens (tertiary/aromatic N) is 1. The van der Waals surface area contributed by atoms with Gasteiger partial charge in [0.05, 0.1) is 6.34 Å². The zero-order valence-electron chi connectivity index (χ0n) is 5.09. The molecule has 0 aromatic carbocycles. The van der Waals surface area contributed by atoms with E-state index in [-0.39, 0.29) is 5.57 Å². The summed E-state index contributed by atoms with van der Waals surface area (Å²) in [5, 5.41) is 16.6. The van der Waals surface area contributed by atoms with Crippen molar-refractivity contribution in [2.24, 2.45) is 5.73 Å². The maximum absolute atomic E-state index is 10.6. The van der Waals surface area contributed by atoms with E-state index in [1.807, 2.05) is 5.32 Å². The van der Waals surface area contributed by atoms with Gasteiger partial charge < -0.3 is 11.1 Å². The number of hydrogen-bond acceptors (Lipinski definition) is 4. The SMILES string of the molecule is N#C/C(=C\N)C(=O)NC=N. The summed E-state index contributed by atoms with van der Waals surface area (Å²) in [6, 6.07) is 1.56. The zero-order valence-corrected chi connectivity index (χ0v) is 5.09. The lowest BCUT2D eigenvalue weighted by atomic mass is 10.3. The second-order valence-corrected chi connectivity index (χ2v) is 1.31. The van der Waals surface area contributed by atoms with Crippen molar-refractivity contribution in [3.63, 3.8) is 0 Å². The Bertz CT molecular complexity index is 212. The molecule has 0 radical (unpaired) electrons. The quantitative estimate of drug-likeness (QED) is 0.199. The molecule has 5 nitrogen and oxygen atoms in total. The first kappa shape index (κ1) is 8.17. The van der Waals surface area contributed by atoms with Crippen LogP contribution in [0.3, 0.4) is 0 Å². The summed E-state index contributed by atoms with van der Waals surface area (Å²) in [6.07, 6.45) is 1.57. The minimum absolute atomic E-state index is 0.205. The molecule has 0 fully saturated rings. The summed E-state index contributed by atoms with van der Waals surface area (Å²) in [6.45, 7) is 0. The molecule has 10 heavy (non-hydrogen) atoms. The molecule has 0 atom stereocenters. The zero-order chi connectivity index (χ0) is 7.98.